The maximum absolute atomic E-state index is 12.3. The van der Waals surface area contributed by atoms with Gasteiger partial charge in [-0.2, -0.15) is 0 Å². The van der Waals surface area contributed by atoms with Crippen molar-refractivity contribution in [3.8, 4) is 0 Å². The second kappa shape index (κ2) is 11.5. The Hall–Kier alpha value is -2.20. The number of unbranched alkanes of at least 4 members (excludes halogenated alkanes) is 2. The zero-order chi connectivity index (χ0) is 25.8. The van der Waals surface area contributed by atoms with Gasteiger partial charge in [0.15, 0.2) is 21.5 Å². The first-order valence-electron chi connectivity index (χ1n) is 13.1. The number of thiazole rings is 2. The highest BCUT2D eigenvalue weighted by molar-refractivity contribution is 7.14. The average Bonchev–Trinajstić information content (AvgIpc) is 3.62. The first-order valence-corrected chi connectivity index (χ1v) is 14.9. The molecule has 2 fully saturated rings. The van der Waals surface area contributed by atoms with Gasteiger partial charge in [0, 0.05) is 36.7 Å². The quantitative estimate of drug-likeness (QED) is 0.236. The molecule has 2 aliphatic heterocycles. The maximum atomic E-state index is 12.3. The Morgan fingerprint density at radius 3 is 1.64 bits per heavy atom. The first-order chi connectivity index (χ1) is 17.3. The topological polar surface area (TPSA) is 102 Å². The van der Waals surface area contributed by atoms with Gasteiger partial charge < -0.3 is 20.1 Å². The normalized spacial score (nSPS) is 27.8. The van der Waals surface area contributed by atoms with Gasteiger partial charge in [0.05, 0.1) is 23.2 Å². The Balaban J connectivity index is 1.24. The maximum Gasteiger partial charge on any atom is 0.310 e. The van der Waals surface area contributed by atoms with Gasteiger partial charge in [0.2, 0.25) is 0 Å². The number of rotatable bonds is 13. The van der Waals surface area contributed by atoms with Crippen LogP contribution in [0.2, 0.25) is 0 Å². The predicted octanol–water partition coefficient (Wildman–Crippen LogP) is 6.06. The molecule has 4 rings (SSSR count). The van der Waals surface area contributed by atoms with E-state index < -0.39 is 11.2 Å². The van der Waals surface area contributed by atoms with Crippen molar-refractivity contribution in [1.29, 1.82) is 0 Å². The van der Waals surface area contributed by atoms with Crippen molar-refractivity contribution in [3.63, 3.8) is 0 Å². The number of anilines is 2. The van der Waals surface area contributed by atoms with E-state index in [4.69, 9.17) is 19.4 Å². The molecule has 2 saturated heterocycles. The van der Waals surface area contributed by atoms with Crippen LogP contribution in [-0.2, 0) is 30.3 Å². The molecule has 0 amide bonds. The summed E-state index contributed by atoms with van der Waals surface area (Å²) in [7, 11) is 0. The number of hydrogen-bond acceptors (Lipinski definition) is 10. The Kier molecular flexibility index (Phi) is 8.55. The highest BCUT2D eigenvalue weighted by atomic mass is 32.1. The van der Waals surface area contributed by atoms with E-state index in [1.54, 1.807) is 0 Å². The largest absolute Gasteiger partial charge is 0.453 e. The molecule has 0 spiro atoms. The molecule has 0 unspecified atom stereocenters. The van der Waals surface area contributed by atoms with Crippen LogP contribution in [0.25, 0.3) is 0 Å². The highest BCUT2D eigenvalue weighted by Gasteiger charge is 2.46. The Labute approximate surface area is 221 Å². The molecule has 8 nitrogen and oxygen atoms in total. The van der Waals surface area contributed by atoms with E-state index in [0.717, 1.165) is 60.2 Å². The van der Waals surface area contributed by atoms with Crippen LogP contribution >= 0.6 is 22.7 Å². The zero-order valence-corrected chi connectivity index (χ0v) is 23.4. The molecule has 36 heavy (non-hydrogen) atoms. The van der Waals surface area contributed by atoms with Gasteiger partial charge in [-0.05, 0) is 26.7 Å². The lowest BCUT2D eigenvalue weighted by atomic mass is 9.90. The molecule has 0 saturated carbocycles. The predicted molar refractivity (Wildman–Crippen MR) is 143 cm³/mol. The van der Waals surface area contributed by atoms with Crippen molar-refractivity contribution in [3.05, 3.63) is 22.1 Å². The number of nitrogens with one attached hydrogen (secondary N) is 2. The highest BCUT2D eigenvalue weighted by Crippen LogP contribution is 2.43. The molecule has 2 N–H and O–H groups in total. The van der Waals surface area contributed by atoms with Crippen molar-refractivity contribution < 1.29 is 19.1 Å². The van der Waals surface area contributed by atoms with Crippen LogP contribution in [0.3, 0.4) is 0 Å². The standard InChI is InChI=1S/C26H38N4O4S2/c1-5-7-9-17-13-25(3,33-21(17)31)19-15-35-23(29-19)27-11-12-28-24-30-20(16-36-24)26(4)14-18(10-8-6-2)22(32)34-26/h15-18H,5-14H2,1-4H3,(H,27,29)(H,28,30)/t17-,18-,25-,26-/m1/s1. The van der Waals surface area contributed by atoms with E-state index in [2.05, 4.69) is 24.5 Å². The zero-order valence-electron chi connectivity index (χ0n) is 21.7. The number of ether oxygens (including phenoxy) is 2. The third kappa shape index (κ3) is 6.02. The van der Waals surface area contributed by atoms with E-state index in [1.165, 1.54) is 22.7 Å². The smallest absolute Gasteiger partial charge is 0.310 e. The molecule has 10 heteroatoms. The molecule has 2 aromatic rings. The van der Waals surface area contributed by atoms with Gasteiger partial charge in [-0.3, -0.25) is 9.59 Å². The van der Waals surface area contributed by atoms with Crippen molar-refractivity contribution >= 4 is 44.9 Å². The van der Waals surface area contributed by atoms with Crippen LogP contribution in [0, 0.1) is 11.8 Å². The van der Waals surface area contributed by atoms with Gasteiger partial charge in [-0.1, -0.05) is 39.5 Å². The third-order valence-electron chi connectivity index (χ3n) is 7.17. The van der Waals surface area contributed by atoms with Gasteiger partial charge in [0.25, 0.3) is 0 Å². The Morgan fingerprint density at radius 1 is 0.833 bits per heavy atom. The molecule has 0 radical (unpaired) electrons. The van der Waals surface area contributed by atoms with Crippen LogP contribution in [-0.4, -0.2) is 35.0 Å². The van der Waals surface area contributed by atoms with Gasteiger partial charge in [-0.25, -0.2) is 9.97 Å². The van der Waals surface area contributed by atoms with Crippen LogP contribution in [0.15, 0.2) is 10.8 Å². The average molecular weight is 535 g/mol. The SMILES string of the molecule is CCCC[C@@H]1C[C@](C)(c2csc(NCCNc3nc([C@@]4(C)C[C@@H](CCCC)C(=O)O4)cs3)n2)OC1=O. The minimum absolute atomic E-state index is 0.0299. The summed E-state index contributed by atoms with van der Waals surface area (Å²) in [5.74, 6) is -0.258. The molecule has 4 atom stereocenters. The van der Waals surface area contributed by atoms with E-state index in [0.29, 0.717) is 25.9 Å². The number of carbonyl (C=O) groups excluding carboxylic acids is 2. The second-order valence-electron chi connectivity index (χ2n) is 10.3. The van der Waals surface area contributed by atoms with E-state index >= 15 is 0 Å². The molecular weight excluding hydrogens is 496 g/mol. The van der Waals surface area contributed by atoms with Crippen LogP contribution in [0.5, 0.6) is 0 Å². The lowest BCUT2D eigenvalue weighted by Crippen LogP contribution is -2.22. The summed E-state index contributed by atoms with van der Waals surface area (Å²) in [5.41, 5.74) is 0.348. The van der Waals surface area contributed by atoms with Crippen molar-refractivity contribution in [1.82, 2.24) is 9.97 Å². The van der Waals surface area contributed by atoms with Crippen LogP contribution in [0.4, 0.5) is 10.3 Å². The first kappa shape index (κ1) is 26.9. The summed E-state index contributed by atoms with van der Waals surface area (Å²) in [6.07, 6.45) is 7.37. The molecule has 198 valence electrons. The molecule has 2 aliphatic rings. The summed E-state index contributed by atoms with van der Waals surface area (Å²) < 4.78 is 11.5. The van der Waals surface area contributed by atoms with Crippen LogP contribution in [0.1, 0.15) is 90.4 Å². The number of hydrogen-bond donors (Lipinski definition) is 2. The Bertz CT molecular complexity index is 974. The lowest BCUT2D eigenvalue weighted by Gasteiger charge is -2.20. The monoisotopic (exact) mass is 534 g/mol. The number of nitrogens with zero attached hydrogens (tertiary/aromatic N) is 2. The fourth-order valence-corrected chi connectivity index (χ4v) is 6.71. The van der Waals surface area contributed by atoms with Gasteiger partial charge in [-0.15, -0.1) is 22.7 Å². The van der Waals surface area contributed by atoms with Crippen molar-refractivity contribution in [2.75, 3.05) is 23.7 Å². The summed E-state index contributed by atoms with van der Waals surface area (Å²) in [4.78, 5) is 34.0. The molecule has 4 heterocycles. The molecule has 0 bridgehead atoms. The summed E-state index contributed by atoms with van der Waals surface area (Å²) >= 11 is 3.05. The number of carbonyl (C=O) groups is 2. The summed E-state index contributed by atoms with van der Waals surface area (Å²) in [6.45, 7) is 9.54. The molecule has 0 aliphatic carbocycles. The fraction of sp³-hybridized carbons (Fsp3) is 0.692. The summed E-state index contributed by atoms with van der Waals surface area (Å²) in [5, 5.41) is 12.3. The van der Waals surface area contributed by atoms with Crippen LogP contribution < -0.4 is 10.6 Å². The van der Waals surface area contributed by atoms with Crippen molar-refractivity contribution in [2.45, 2.75) is 90.3 Å². The lowest BCUT2D eigenvalue weighted by molar-refractivity contribution is -0.151. The minimum atomic E-state index is -0.642. The van der Waals surface area contributed by atoms with Gasteiger partial charge >= 0.3 is 11.9 Å². The van der Waals surface area contributed by atoms with Gasteiger partial charge in [0.1, 0.15) is 0 Å². The molecule has 2 aromatic heterocycles. The minimum Gasteiger partial charge on any atom is -0.453 e. The second-order valence-corrected chi connectivity index (χ2v) is 12.0. The number of aromatic nitrogens is 2. The van der Waals surface area contributed by atoms with E-state index in [9.17, 15) is 9.59 Å². The number of cyclic esters (lactones) is 2. The molecular formula is C26H38N4O4S2. The molecule has 0 aromatic carbocycles. The summed E-state index contributed by atoms with van der Waals surface area (Å²) in [6, 6.07) is 0. The van der Waals surface area contributed by atoms with E-state index in [1.807, 2.05) is 24.6 Å². The fourth-order valence-electron chi connectivity index (χ4n) is 4.99. The van der Waals surface area contributed by atoms with E-state index in [-0.39, 0.29) is 23.8 Å². The number of esters is 2. The van der Waals surface area contributed by atoms with Crippen molar-refractivity contribution in [2.24, 2.45) is 11.8 Å². The third-order valence-corrected chi connectivity index (χ3v) is 8.77. The Morgan fingerprint density at radius 2 is 1.25 bits per heavy atom.